The van der Waals surface area contributed by atoms with E-state index in [0.717, 1.165) is 16.9 Å². The molecule has 3 aromatic carbocycles. The van der Waals surface area contributed by atoms with Crippen LogP contribution >= 0.6 is 0 Å². The zero-order valence-electron chi connectivity index (χ0n) is 18.1. The Hall–Kier alpha value is -2.99. The smallest absolute Gasteiger partial charge is 0.261 e. The molecule has 1 spiro atoms. The van der Waals surface area contributed by atoms with Gasteiger partial charge in [-0.3, -0.25) is 4.72 Å². The molecule has 0 aliphatic carbocycles. The van der Waals surface area contributed by atoms with Crippen LogP contribution in [0.5, 0.6) is 5.75 Å². The van der Waals surface area contributed by atoms with Gasteiger partial charge in [0, 0.05) is 30.4 Å². The van der Waals surface area contributed by atoms with Crippen LogP contribution in [0, 0.1) is 6.92 Å². The molecule has 3 aromatic rings. The van der Waals surface area contributed by atoms with Gasteiger partial charge in [0.2, 0.25) is 0 Å². The van der Waals surface area contributed by atoms with Crippen molar-refractivity contribution in [2.45, 2.75) is 43.2 Å². The maximum absolute atomic E-state index is 12.8. The number of aryl methyl sites for hydroxylation is 1. The van der Waals surface area contributed by atoms with Crippen LogP contribution in [-0.2, 0) is 21.9 Å². The number of sulfonamides is 1. The van der Waals surface area contributed by atoms with Crippen LogP contribution in [0.3, 0.4) is 0 Å². The van der Waals surface area contributed by atoms with Gasteiger partial charge in [0.15, 0.2) is 5.72 Å². The van der Waals surface area contributed by atoms with Crippen molar-refractivity contribution in [3.8, 4) is 5.75 Å². The Balaban J connectivity index is 1.47. The maximum Gasteiger partial charge on any atom is 0.261 e. The van der Waals surface area contributed by atoms with E-state index >= 15 is 0 Å². The van der Waals surface area contributed by atoms with Crippen molar-refractivity contribution in [1.29, 1.82) is 0 Å². The summed E-state index contributed by atoms with van der Waals surface area (Å²) in [6, 6.07) is 20.7. The second-order valence-corrected chi connectivity index (χ2v) is 10.7. The van der Waals surface area contributed by atoms with Gasteiger partial charge in [0.05, 0.1) is 10.3 Å². The second-order valence-electron chi connectivity index (χ2n) is 9.01. The predicted octanol–water partition coefficient (Wildman–Crippen LogP) is 4.85. The van der Waals surface area contributed by atoms with Crippen molar-refractivity contribution in [1.82, 2.24) is 0 Å². The molecule has 5 nitrogen and oxygen atoms in total. The van der Waals surface area contributed by atoms with E-state index in [1.807, 2.05) is 25.1 Å². The fraction of sp³-hybridized carbons (Fsp3) is 0.280. The molecule has 6 heteroatoms. The highest BCUT2D eigenvalue weighted by Crippen LogP contribution is 2.56. The van der Waals surface area contributed by atoms with Gasteiger partial charge in [0.1, 0.15) is 5.75 Å². The van der Waals surface area contributed by atoms with Gasteiger partial charge in [-0.2, -0.15) is 0 Å². The third kappa shape index (κ3) is 2.85. The number of fused-ring (bicyclic) bond motifs is 2. The Bertz CT molecular complexity index is 1280. The summed E-state index contributed by atoms with van der Waals surface area (Å²) in [7, 11) is -1.58. The van der Waals surface area contributed by atoms with E-state index in [1.165, 1.54) is 11.3 Å². The Morgan fingerprint density at radius 1 is 1.00 bits per heavy atom. The highest BCUT2D eigenvalue weighted by atomic mass is 32.2. The van der Waals surface area contributed by atoms with Crippen molar-refractivity contribution in [3.05, 3.63) is 83.4 Å². The lowest BCUT2D eigenvalue weighted by Crippen LogP contribution is -2.58. The molecule has 0 amide bonds. The van der Waals surface area contributed by atoms with Crippen molar-refractivity contribution < 1.29 is 13.2 Å². The SMILES string of the molecule is Cc1ccc(S(=O)(=O)Nc2ccc3c(c2)CC2(O3)N(C)c3ccccc3C2(C)C)cc1. The largest absolute Gasteiger partial charge is 0.466 e. The molecule has 0 radical (unpaired) electrons. The Morgan fingerprint density at radius 3 is 2.42 bits per heavy atom. The van der Waals surface area contributed by atoms with E-state index in [4.69, 9.17) is 4.74 Å². The van der Waals surface area contributed by atoms with E-state index < -0.39 is 15.7 Å². The van der Waals surface area contributed by atoms with Crippen LogP contribution in [0.2, 0.25) is 0 Å². The summed E-state index contributed by atoms with van der Waals surface area (Å²) in [6.07, 6.45) is 0.667. The molecule has 2 aliphatic rings. The van der Waals surface area contributed by atoms with Crippen molar-refractivity contribution in [2.24, 2.45) is 0 Å². The number of hydrogen-bond acceptors (Lipinski definition) is 4. The standard InChI is InChI=1S/C25H26N2O3S/c1-17-9-12-20(13-10-17)31(28,29)26-19-11-14-23-18(15-19)16-25(30-23)24(2,3)21-7-5-6-8-22(21)27(25)4/h5-15,26H,16H2,1-4H3. The molecule has 0 saturated carbocycles. The number of hydrogen-bond donors (Lipinski definition) is 1. The first-order valence-corrected chi connectivity index (χ1v) is 11.9. The number of benzene rings is 3. The summed E-state index contributed by atoms with van der Waals surface area (Å²) >= 11 is 0. The zero-order valence-corrected chi connectivity index (χ0v) is 19.0. The van der Waals surface area contributed by atoms with E-state index in [9.17, 15) is 8.42 Å². The van der Waals surface area contributed by atoms with Crippen LogP contribution in [-0.4, -0.2) is 21.2 Å². The number of ether oxygens (including phenoxy) is 1. The molecule has 160 valence electrons. The Morgan fingerprint density at radius 2 is 1.71 bits per heavy atom. The summed E-state index contributed by atoms with van der Waals surface area (Å²) in [5.41, 5.74) is 4.19. The number of para-hydroxylation sites is 1. The molecule has 1 atom stereocenters. The van der Waals surface area contributed by atoms with Gasteiger partial charge in [-0.05, 0) is 62.7 Å². The summed E-state index contributed by atoms with van der Waals surface area (Å²) in [5.74, 6) is 0.797. The molecular weight excluding hydrogens is 408 g/mol. The highest BCUT2D eigenvalue weighted by molar-refractivity contribution is 7.92. The first kappa shape index (κ1) is 19.9. The lowest BCUT2D eigenvalue weighted by molar-refractivity contribution is 0.0350. The van der Waals surface area contributed by atoms with Crippen LogP contribution < -0.4 is 14.4 Å². The lowest BCUT2D eigenvalue weighted by atomic mass is 9.76. The summed E-state index contributed by atoms with van der Waals surface area (Å²) in [6.45, 7) is 6.35. The molecule has 0 aromatic heterocycles. The number of likely N-dealkylation sites (N-methyl/N-ethyl adjacent to an activating group) is 1. The minimum atomic E-state index is -3.65. The van der Waals surface area contributed by atoms with Crippen molar-refractivity contribution >= 4 is 21.4 Å². The third-order valence-corrected chi connectivity index (χ3v) is 8.21. The minimum Gasteiger partial charge on any atom is -0.466 e. The van der Waals surface area contributed by atoms with E-state index in [0.29, 0.717) is 12.1 Å². The molecule has 0 bridgehead atoms. The molecule has 0 saturated heterocycles. The highest BCUT2D eigenvalue weighted by Gasteiger charge is 2.60. The molecule has 31 heavy (non-hydrogen) atoms. The predicted molar refractivity (Wildman–Crippen MR) is 123 cm³/mol. The average Bonchev–Trinajstić information content (AvgIpc) is 3.19. The number of nitrogens with one attached hydrogen (secondary N) is 1. The molecule has 5 rings (SSSR count). The van der Waals surface area contributed by atoms with E-state index in [1.54, 1.807) is 30.3 Å². The van der Waals surface area contributed by atoms with Crippen LogP contribution in [0.25, 0.3) is 0 Å². The first-order valence-electron chi connectivity index (χ1n) is 10.4. The fourth-order valence-corrected chi connectivity index (χ4v) is 5.99. The van der Waals surface area contributed by atoms with E-state index in [-0.39, 0.29) is 10.3 Å². The van der Waals surface area contributed by atoms with Gasteiger partial charge in [-0.1, -0.05) is 35.9 Å². The summed E-state index contributed by atoms with van der Waals surface area (Å²) in [5, 5.41) is 0. The van der Waals surface area contributed by atoms with Crippen LogP contribution in [0.4, 0.5) is 11.4 Å². The van der Waals surface area contributed by atoms with Crippen molar-refractivity contribution in [2.75, 3.05) is 16.7 Å². The summed E-state index contributed by atoms with van der Waals surface area (Å²) < 4.78 is 34.9. The van der Waals surface area contributed by atoms with Gasteiger partial charge in [-0.25, -0.2) is 8.42 Å². The van der Waals surface area contributed by atoms with Crippen LogP contribution in [0.15, 0.2) is 71.6 Å². The zero-order chi connectivity index (χ0) is 22.0. The first-order chi connectivity index (χ1) is 14.6. The van der Waals surface area contributed by atoms with Gasteiger partial charge in [-0.15, -0.1) is 0 Å². The number of rotatable bonds is 3. The number of nitrogens with zero attached hydrogens (tertiary/aromatic N) is 1. The molecular formula is C25H26N2O3S. The van der Waals surface area contributed by atoms with Gasteiger partial charge >= 0.3 is 0 Å². The topological polar surface area (TPSA) is 58.6 Å². The Labute approximate surface area is 183 Å². The molecule has 2 aliphatic heterocycles. The van der Waals surface area contributed by atoms with Crippen LogP contribution in [0.1, 0.15) is 30.5 Å². The monoisotopic (exact) mass is 434 g/mol. The summed E-state index contributed by atoms with van der Waals surface area (Å²) in [4.78, 5) is 2.47. The van der Waals surface area contributed by atoms with Gasteiger partial charge in [0.25, 0.3) is 10.0 Å². The molecule has 0 fully saturated rings. The number of anilines is 2. The lowest BCUT2D eigenvalue weighted by Gasteiger charge is -2.42. The fourth-order valence-electron chi connectivity index (χ4n) is 4.94. The molecule has 1 unspecified atom stereocenters. The quantitative estimate of drug-likeness (QED) is 0.640. The minimum absolute atomic E-state index is 0.237. The third-order valence-electron chi connectivity index (χ3n) is 6.81. The van der Waals surface area contributed by atoms with Crippen molar-refractivity contribution in [3.63, 3.8) is 0 Å². The average molecular weight is 435 g/mol. The van der Waals surface area contributed by atoms with Gasteiger partial charge < -0.3 is 9.64 Å². The Kier molecular flexibility index (Phi) is 4.18. The molecule has 2 heterocycles. The normalized spacial score (nSPS) is 21.0. The maximum atomic E-state index is 12.8. The van der Waals surface area contributed by atoms with E-state index in [2.05, 4.69) is 48.7 Å². The second kappa shape index (κ2) is 6.50. The molecule has 1 N–H and O–H groups in total.